The van der Waals surface area contributed by atoms with Gasteiger partial charge in [0.25, 0.3) is 15.9 Å². The van der Waals surface area contributed by atoms with E-state index in [1.165, 1.54) is 36.4 Å². The largest absolute Gasteiger partial charge is 0.505 e. The highest BCUT2D eigenvalue weighted by Crippen LogP contribution is 2.50. The van der Waals surface area contributed by atoms with Crippen molar-refractivity contribution in [3.63, 3.8) is 0 Å². The lowest BCUT2D eigenvalue weighted by Gasteiger charge is -2.25. The van der Waals surface area contributed by atoms with Gasteiger partial charge in [0.15, 0.2) is 5.75 Å². The molecule has 29 heavy (non-hydrogen) atoms. The lowest BCUT2D eigenvalue weighted by molar-refractivity contribution is 0.101. The van der Waals surface area contributed by atoms with E-state index in [1.54, 1.807) is 24.3 Å². The topological polar surface area (TPSA) is 74.7 Å². The summed E-state index contributed by atoms with van der Waals surface area (Å²) >= 11 is 24.4. The lowest BCUT2D eigenvalue weighted by atomic mass is 10.2. The summed E-state index contributed by atoms with van der Waals surface area (Å²) < 4.78 is 27.2. The molecule has 0 saturated carbocycles. The summed E-state index contributed by atoms with van der Waals surface area (Å²) in [6, 6.07) is 14.9. The molecule has 0 fully saturated rings. The standard InChI is InChI=1S/C19H11Cl4NO4S/c20-13-15(22)18(25)16(23)14(21)17(13)24(19(26)11-7-3-1-4-8-11)29(27,28)12-9-5-2-6-10-12/h1-10,25H. The van der Waals surface area contributed by atoms with E-state index in [9.17, 15) is 18.3 Å². The van der Waals surface area contributed by atoms with Gasteiger partial charge in [0.1, 0.15) is 15.7 Å². The van der Waals surface area contributed by atoms with Crippen molar-refractivity contribution in [3.05, 3.63) is 86.3 Å². The molecule has 0 saturated heterocycles. The zero-order valence-corrected chi connectivity index (χ0v) is 18.2. The highest BCUT2D eigenvalue weighted by atomic mass is 35.5. The van der Waals surface area contributed by atoms with Crippen LogP contribution in [0.15, 0.2) is 65.6 Å². The van der Waals surface area contributed by atoms with Crippen LogP contribution in [0.5, 0.6) is 5.75 Å². The van der Waals surface area contributed by atoms with Crippen LogP contribution in [0.1, 0.15) is 10.4 Å². The molecule has 0 aliphatic rings. The number of carbonyl (C=O) groups excluding carboxylic acids is 1. The van der Waals surface area contributed by atoms with E-state index in [0.717, 1.165) is 0 Å². The minimum Gasteiger partial charge on any atom is -0.505 e. The highest BCUT2D eigenvalue weighted by molar-refractivity contribution is 7.93. The number of carbonyl (C=O) groups is 1. The second-order valence-electron chi connectivity index (χ2n) is 5.71. The number of phenolic OH excluding ortho intramolecular Hbond substituents is 1. The Kier molecular flexibility index (Phi) is 6.31. The highest BCUT2D eigenvalue weighted by Gasteiger charge is 2.37. The summed E-state index contributed by atoms with van der Waals surface area (Å²) in [6.45, 7) is 0. The maximum atomic E-state index is 13.4. The third-order valence-corrected chi connectivity index (χ3v) is 7.27. The van der Waals surface area contributed by atoms with Crippen molar-refractivity contribution in [3.8, 4) is 5.75 Å². The molecule has 1 N–H and O–H groups in total. The first-order valence-corrected chi connectivity index (χ1v) is 10.9. The van der Waals surface area contributed by atoms with Crippen molar-refractivity contribution < 1.29 is 18.3 Å². The van der Waals surface area contributed by atoms with E-state index in [2.05, 4.69) is 0 Å². The van der Waals surface area contributed by atoms with E-state index in [0.29, 0.717) is 4.31 Å². The first-order chi connectivity index (χ1) is 13.7. The lowest BCUT2D eigenvalue weighted by Crippen LogP contribution is -2.37. The minimum absolute atomic E-state index is 0.0551. The van der Waals surface area contributed by atoms with Gasteiger partial charge in [0.05, 0.1) is 14.9 Å². The van der Waals surface area contributed by atoms with Crippen molar-refractivity contribution in [1.29, 1.82) is 0 Å². The number of rotatable bonds is 4. The predicted molar refractivity (Wildman–Crippen MR) is 115 cm³/mol. The van der Waals surface area contributed by atoms with E-state index in [1.807, 2.05) is 0 Å². The van der Waals surface area contributed by atoms with Gasteiger partial charge in [-0.15, -0.1) is 0 Å². The van der Waals surface area contributed by atoms with Gasteiger partial charge in [-0.05, 0) is 24.3 Å². The Morgan fingerprint density at radius 1 is 0.759 bits per heavy atom. The zero-order valence-electron chi connectivity index (χ0n) is 14.3. The third kappa shape index (κ3) is 3.91. The molecule has 150 valence electrons. The molecule has 0 spiro atoms. The Hall–Kier alpha value is -1.96. The molecule has 10 heteroatoms. The van der Waals surface area contributed by atoms with Gasteiger partial charge in [-0.25, -0.2) is 8.42 Å². The van der Waals surface area contributed by atoms with Crippen LogP contribution in [-0.2, 0) is 10.0 Å². The van der Waals surface area contributed by atoms with Crippen molar-refractivity contribution in [2.45, 2.75) is 4.90 Å². The first-order valence-electron chi connectivity index (χ1n) is 7.92. The molecule has 3 rings (SSSR count). The van der Waals surface area contributed by atoms with Gasteiger partial charge in [-0.2, -0.15) is 4.31 Å². The van der Waals surface area contributed by atoms with Crippen molar-refractivity contribution >= 4 is 68.0 Å². The van der Waals surface area contributed by atoms with Crippen molar-refractivity contribution in [1.82, 2.24) is 0 Å². The maximum Gasteiger partial charge on any atom is 0.272 e. The fourth-order valence-electron chi connectivity index (χ4n) is 2.51. The molecule has 1 amide bonds. The van der Waals surface area contributed by atoms with Crippen LogP contribution < -0.4 is 4.31 Å². The van der Waals surface area contributed by atoms with Gasteiger partial charge in [0, 0.05) is 5.56 Å². The molecule has 3 aromatic carbocycles. The molecule has 0 heterocycles. The van der Waals surface area contributed by atoms with E-state index >= 15 is 0 Å². The van der Waals surface area contributed by atoms with Gasteiger partial charge in [-0.1, -0.05) is 82.8 Å². The molecule has 0 bridgehead atoms. The first kappa shape index (κ1) is 21.7. The molecular weight excluding hydrogens is 480 g/mol. The number of aromatic hydroxyl groups is 1. The Bertz CT molecular complexity index is 1160. The maximum absolute atomic E-state index is 13.4. The van der Waals surface area contributed by atoms with Crippen LogP contribution in [0.25, 0.3) is 0 Å². The SMILES string of the molecule is O=C(c1ccccc1)N(c1c(Cl)c(Cl)c(O)c(Cl)c1Cl)S(=O)(=O)c1ccccc1. The van der Waals surface area contributed by atoms with Crippen LogP contribution in [-0.4, -0.2) is 19.4 Å². The molecular formula is C19H11Cl4NO4S. The molecule has 0 aliphatic heterocycles. The van der Waals surface area contributed by atoms with Crippen LogP contribution in [0.3, 0.4) is 0 Å². The fourth-order valence-corrected chi connectivity index (χ4v) is 5.07. The fraction of sp³-hybridized carbons (Fsp3) is 0. The quantitative estimate of drug-likeness (QED) is 0.452. The Labute approximate surface area is 187 Å². The van der Waals surface area contributed by atoms with Crippen LogP contribution in [0.4, 0.5) is 5.69 Å². The second kappa shape index (κ2) is 8.42. The number of halogens is 4. The Balaban J connectivity index is 2.36. The summed E-state index contributed by atoms with van der Waals surface area (Å²) in [5.41, 5.74) is -0.404. The van der Waals surface area contributed by atoms with Gasteiger partial charge in [-0.3, -0.25) is 4.79 Å². The van der Waals surface area contributed by atoms with Crippen molar-refractivity contribution in [2.75, 3.05) is 4.31 Å². The molecule has 0 radical (unpaired) electrons. The minimum atomic E-state index is -4.48. The smallest absolute Gasteiger partial charge is 0.272 e. The van der Waals surface area contributed by atoms with Gasteiger partial charge in [0.2, 0.25) is 0 Å². The average Bonchev–Trinajstić information content (AvgIpc) is 2.74. The second-order valence-corrected chi connectivity index (χ2v) is 9.01. The molecule has 5 nitrogen and oxygen atoms in total. The van der Waals surface area contributed by atoms with Crippen LogP contribution in [0, 0.1) is 0 Å². The molecule has 0 unspecified atom stereocenters. The number of anilines is 1. The van der Waals surface area contributed by atoms with E-state index in [4.69, 9.17) is 46.4 Å². The summed E-state index contributed by atoms with van der Waals surface area (Å²) in [5.74, 6) is -1.56. The van der Waals surface area contributed by atoms with E-state index in [-0.39, 0.29) is 10.5 Å². The molecule has 0 aliphatic carbocycles. The predicted octanol–water partition coefficient (Wildman–Crippen LogP) is 6.04. The number of nitrogens with zero attached hydrogens (tertiary/aromatic N) is 1. The third-order valence-electron chi connectivity index (χ3n) is 3.91. The summed E-state index contributed by atoms with van der Waals surface area (Å²) in [6.07, 6.45) is 0. The number of sulfonamides is 1. The monoisotopic (exact) mass is 489 g/mol. The molecule has 0 atom stereocenters. The number of hydrogen-bond donors (Lipinski definition) is 1. The van der Waals surface area contributed by atoms with Crippen LogP contribution in [0.2, 0.25) is 20.1 Å². The number of phenols is 1. The number of amides is 1. The Morgan fingerprint density at radius 2 is 1.21 bits per heavy atom. The zero-order chi connectivity index (χ0) is 21.3. The van der Waals surface area contributed by atoms with E-state index < -0.39 is 47.5 Å². The number of hydrogen-bond acceptors (Lipinski definition) is 4. The normalized spacial score (nSPS) is 11.3. The van der Waals surface area contributed by atoms with Crippen molar-refractivity contribution in [2.24, 2.45) is 0 Å². The molecule has 0 aromatic heterocycles. The summed E-state index contributed by atoms with van der Waals surface area (Å²) in [5, 5.41) is 8.20. The van der Waals surface area contributed by atoms with Gasteiger partial charge >= 0.3 is 0 Å². The Morgan fingerprint density at radius 3 is 1.69 bits per heavy atom. The summed E-state index contributed by atoms with van der Waals surface area (Å²) in [4.78, 5) is 13.1. The number of benzene rings is 3. The summed E-state index contributed by atoms with van der Waals surface area (Å²) in [7, 11) is -4.48. The van der Waals surface area contributed by atoms with Gasteiger partial charge < -0.3 is 5.11 Å². The van der Waals surface area contributed by atoms with Crippen LogP contribution >= 0.6 is 46.4 Å². The molecule has 3 aromatic rings. The average molecular weight is 491 g/mol.